The number of aryl methyl sites for hydroxylation is 1. The monoisotopic (exact) mass is 410 g/mol. The Morgan fingerprint density at radius 1 is 1.13 bits per heavy atom. The zero-order chi connectivity index (χ0) is 21.3. The highest BCUT2D eigenvalue weighted by Gasteiger charge is 2.20. The Balaban J connectivity index is 1.34. The number of nitrogens with zero attached hydrogens (tertiary/aromatic N) is 4. The predicted molar refractivity (Wildman–Crippen MR) is 113 cm³/mol. The fourth-order valence-corrected chi connectivity index (χ4v) is 3.94. The summed E-state index contributed by atoms with van der Waals surface area (Å²) in [4.78, 5) is 40.6. The third-order valence-electron chi connectivity index (χ3n) is 5.72. The molecule has 1 aromatic carbocycles. The Bertz CT molecular complexity index is 1110. The van der Waals surface area contributed by atoms with Crippen LogP contribution in [0.25, 0.3) is 6.08 Å². The molecule has 2 aliphatic rings. The number of amides is 1. The van der Waals surface area contributed by atoms with E-state index in [0.717, 1.165) is 43.0 Å². The first-order valence-corrected chi connectivity index (χ1v) is 10.1. The van der Waals surface area contributed by atoms with Crippen LogP contribution in [0.3, 0.4) is 0 Å². The number of benzene rings is 1. The summed E-state index contributed by atoms with van der Waals surface area (Å²) >= 11 is 0. The zero-order valence-electron chi connectivity index (χ0n) is 17.3. The van der Waals surface area contributed by atoms with Gasteiger partial charge in [-0.25, -0.2) is 4.79 Å². The van der Waals surface area contributed by atoms with E-state index in [0.29, 0.717) is 18.7 Å². The van der Waals surface area contributed by atoms with Crippen LogP contribution in [0.2, 0.25) is 0 Å². The Labute approximate surface area is 174 Å². The standard InChI is InChI=1S/C22H26N4O4/c1-23-15-18(21(28)24(2)22(23)29)4-6-20(27)26-10-8-25(9-11-26)14-16-3-5-19-17(13-16)7-12-30-19/h3-6,13,15H,7-12,14H2,1-2H3. The van der Waals surface area contributed by atoms with Gasteiger partial charge in [-0.2, -0.15) is 0 Å². The lowest BCUT2D eigenvalue weighted by Gasteiger charge is -2.34. The molecule has 0 atom stereocenters. The average Bonchev–Trinajstić information content (AvgIpc) is 3.22. The Hall–Kier alpha value is -3.13. The lowest BCUT2D eigenvalue weighted by molar-refractivity contribution is -0.127. The fraction of sp³-hybridized carbons (Fsp3) is 0.409. The molecule has 8 nitrogen and oxygen atoms in total. The fourth-order valence-electron chi connectivity index (χ4n) is 3.94. The lowest BCUT2D eigenvalue weighted by Crippen LogP contribution is -2.47. The highest BCUT2D eigenvalue weighted by molar-refractivity contribution is 5.91. The van der Waals surface area contributed by atoms with Crippen LogP contribution in [-0.2, 0) is 31.9 Å². The van der Waals surface area contributed by atoms with Crippen LogP contribution < -0.4 is 16.0 Å². The van der Waals surface area contributed by atoms with Gasteiger partial charge < -0.3 is 14.2 Å². The summed E-state index contributed by atoms with van der Waals surface area (Å²) in [6.45, 7) is 4.51. The minimum atomic E-state index is -0.410. The van der Waals surface area contributed by atoms with E-state index >= 15 is 0 Å². The third kappa shape index (κ3) is 4.09. The van der Waals surface area contributed by atoms with E-state index in [1.54, 1.807) is 11.9 Å². The molecule has 4 rings (SSSR count). The van der Waals surface area contributed by atoms with Gasteiger partial charge in [0.1, 0.15) is 5.75 Å². The molecule has 0 unspecified atom stereocenters. The summed E-state index contributed by atoms with van der Waals surface area (Å²) in [6.07, 6.45) is 5.32. The number of hydrogen-bond donors (Lipinski definition) is 0. The number of fused-ring (bicyclic) bond motifs is 1. The van der Waals surface area contributed by atoms with Crippen molar-refractivity contribution in [2.45, 2.75) is 13.0 Å². The van der Waals surface area contributed by atoms with Gasteiger partial charge in [0.15, 0.2) is 0 Å². The molecule has 1 saturated heterocycles. The molecule has 30 heavy (non-hydrogen) atoms. The van der Waals surface area contributed by atoms with E-state index in [9.17, 15) is 14.4 Å². The largest absolute Gasteiger partial charge is 0.493 e. The molecule has 1 amide bonds. The molecule has 0 spiro atoms. The second-order valence-corrected chi connectivity index (χ2v) is 7.82. The van der Waals surface area contributed by atoms with E-state index in [2.05, 4.69) is 17.0 Å². The molecular formula is C22H26N4O4. The first-order valence-electron chi connectivity index (χ1n) is 10.1. The summed E-state index contributed by atoms with van der Waals surface area (Å²) < 4.78 is 7.93. The van der Waals surface area contributed by atoms with Gasteiger partial charge in [0, 0.05) is 65.5 Å². The molecule has 2 aromatic rings. The van der Waals surface area contributed by atoms with Crippen molar-refractivity contribution in [2.75, 3.05) is 32.8 Å². The van der Waals surface area contributed by atoms with Gasteiger partial charge in [-0.3, -0.25) is 19.1 Å². The molecule has 1 fully saturated rings. The first-order chi connectivity index (χ1) is 14.4. The highest BCUT2D eigenvalue weighted by Crippen LogP contribution is 2.26. The normalized spacial score (nSPS) is 16.7. The average molecular weight is 410 g/mol. The second-order valence-electron chi connectivity index (χ2n) is 7.82. The summed E-state index contributed by atoms with van der Waals surface area (Å²) in [5.41, 5.74) is 2.05. The minimum Gasteiger partial charge on any atom is -0.493 e. The molecular weight excluding hydrogens is 384 g/mol. The topological polar surface area (TPSA) is 76.8 Å². The van der Waals surface area contributed by atoms with Crippen molar-refractivity contribution in [1.29, 1.82) is 0 Å². The quantitative estimate of drug-likeness (QED) is 0.681. The number of carbonyl (C=O) groups is 1. The maximum Gasteiger partial charge on any atom is 0.330 e. The number of piperazine rings is 1. The van der Waals surface area contributed by atoms with Crippen LogP contribution in [0, 0.1) is 0 Å². The van der Waals surface area contributed by atoms with Crippen LogP contribution in [0.4, 0.5) is 0 Å². The summed E-state index contributed by atoms with van der Waals surface area (Å²) in [5.74, 6) is 0.870. The molecule has 1 aromatic heterocycles. The Morgan fingerprint density at radius 3 is 2.67 bits per heavy atom. The minimum absolute atomic E-state index is 0.125. The highest BCUT2D eigenvalue weighted by atomic mass is 16.5. The molecule has 2 aliphatic heterocycles. The van der Waals surface area contributed by atoms with Gasteiger partial charge in [0.05, 0.1) is 12.2 Å². The molecule has 158 valence electrons. The van der Waals surface area contributed by atoms with Crippen molar-refractivity contribution >= 4 is 12.0 Å². The zero-order valence-corrected chi connectivity index (χ0v) is 17.3. The van der Waals surface area contributed by atoms with Crippen LogP contribution in [-0.4, -0.2) is 57.6 Å². The van der Waals surface area contributed by atoms with Crippen molar-refractivity contribution in [3.63, 3.8) is 0 Å². The van der Waals surface area contributed by atoms with E-state index in [1.807, 2.05) is 6.07 Å². The molecule has 3 heterocycles. The summed E-state index contributed by atoms with van der Waals surface area (Å²) in [6, 6.07) is 6.38. The number of hydrogen-bond acceptors (Lipinski definition) is 5. The van der Waals surface area contributed by atoms with E-state index in [1.165, 1.54) is 41.1 Å². The van der Waals surface area contributed by atoms with Crippen LogP contribution in [0.1, 0.15) is 16.7 Å². The van der Waals surface area contributed by atoms with Crippen molar-refractivity contribution in [3.8, 4) is 5.75 Å². The van der Waals surface area contributed by atoms with Crippen molar-refractivity contribution in [3.05, 3.63) is 68.0 Å². The van der Waals surface area contributed by atoms with Gasteiger partial charge in [-0.1, -0.05) is 12.1 Å². The molecule has 0 aliphatic carbocycles. The van der Waals surface area contributed by atoms with Gasteiger partial charge in [0.25, 0.3) is 5.56 Å². The third-order valence-corrected chi connectivity index (χ3v) is 5.72. The van der Waals surface area contributed by atoms with Gasteiger partial charge in [-0.05, 0) is 23.3 Å². The maximum absolute atomic E-state index is 12.5. The SMILES string of the molecule is Cn1cc(C=CC(=O)N2CCN(Cc3ccc4c(c3)CCO4)CC2)c(=O)n(C)c1=O. The second kappa shape index (κ2) is 8.31. The molecule has 0 saturated carbocycles. The van der Waals surface area contributed by atoms with E-state index in [-0.39, 0.29) is 5.91 Å². The van der Waals surface area contributed by atoms with Gasteiger partial charge in [-0.15, -0.1) is 0 Å². The van der Waals surface area contributed by atoms with E-state index < -0.39 is 11.2 Å². The van der Waals surface area contributed by atoms with Crippen LogP contribution >= 0.6 is 0 Å². The lowest BCUT2D eigenvalue weighted by atomic mass is 10.1. The van der Waals surface area contributed by atoms with Crippen molar-refractivity contribution in [2.24, 2.45) is 14.1 Å². The Morgan fingerprint density at radius 2 is 1.90 bits per heavy atom. The summed E-state index contributed by atoms with van der Waals surface area (Å²) in [5, 5.41) is 0. The van der Waals surface area contributed by atoms with Crippen LogP contribution in [0.5, 0.6) is 5.75 Å². The first kappa shape index (κ1) is 20.2. The molecule has 0 radical (unpaired) electrons. The predicted octanol–water partition coefficient (Wildman–Crippen LogP) is 0.377. The smallest absolute Gasteiger partial charge is 0.330 e. The number of rotatable bonds is 4. The number of ether oxygens (including phenoxy) is 1. The van der Waals surface area contributed by atoms with Crippen LogP contribution in [0.15, 0.2) is 40.1 Å². The van der Waals surface area contributed by atoms with Crippen molar-refractivity contribution in [1.82, 2.24) is 18.9 Å². The Kier molecular flexibility index (Phi) is 5.59. The molecule has 8 heteroatoms. The number of aromatic nitrogens is 2. The summed E-state index contributed by atoms with van der Waals surface area (Å²) in [7, 11) is 3.01. The maximum atomic E-state index is 12.5. The molecule has 0 bridgehead atoms. The van der Waals surface area contributed by atoms with E-state index in [4.69, 9.17) is 4.74 Å². The molecule has 0 N–H and O–H groups in total. The van der Waals surface area contributed by atoms with Gasteiger partial charge >= 0.3 is 5.69 Å². The van der Waals surface area contributed by atoms with Gasteiger partial charge in [0.2, 0.25) is 5.91 Å². The number of carbonyl (C=O) groups excluding carboxylic acids is 1. The van der Waals surface area contributed by atoms with Crippen molar-refractivity contribution < 1.29 is 9.53 Å².